The molecule has 1 aromatic heterocycles. The lowest BCUT2D eigenvalue weighted by atomic mass is 10.3. The van der Waals surface area contributed by atoms with Crippen molar-refractivity contribution in [3.05, 3.63) is 48.4 Å². The van der Waals surface area contributed by atoms with Crippen LogP contribution in [0.4, 0.5) is 15.9 Å². The van der Waals surface area contributed by atoms with Crippen LogP contribution in [0.1, 0.15) is 6.42 Å². The number of anilines is 2. The first-order chi connectivity index (χ1) is 11.0. The number of methoxy groups -OCH3 is 1. The van der Waals surface area contributed by atoms with E-state index in [-0.39, 0.29) is 10.7 Å². The molecule has 0 saturated carbocycles. The van der Waals surface area contributed by atoms with Crippen LogP contribution in [0.15, 0.2) is 47.5 Å². The number of nitrogens with zero attached hydrogens (tertiary/aromatic N) is 1. The van der Waals surface area contributed by atoms with Crippen LogP contribution < -0.4 is 10.0 Å². The van der Waals surface area contributed by atoms with E-state index in [4.69, 9.17) is 4.74 Å². The Bertz CT molecular complexity index is 719. The molecule has 6 nitrogen and oxygen atoms in total. The second kappa shape index (κ2) is 7.89. The summed E-state index contributed by atoms with van der Waals surface area (Å²) in [4.78, 5) is 4.02. The first kappa shape index (κ1) is 17.2. The Kier molecular flexibility index (Phi) is 5.89. The number of ether oxygens (including phenoxy) is 1. The number of hydrogen-bond donors (Lipinski definition) is 2. The van der Waals surface area contributed by atoms with Crippen LogP contribution in [0.25, 0.3) is 0 Å². The monoisotopic (exact) mass is 339 g/mol. The van der Waals surface area contributed by atoms with Crippen LogP contribution in [0, 0.1) is 5.82 Å². The van der Waals surface area contributed by atoms with E-state index in [1.54, 1.807) is 19.2 Å². The number of pyridine rings is 1. The molecule has 0 amide bonds. The normalized spacial score (nSPS) is 11.2. The molecule has 2 N–H and O–H groups in total. The van der Waals surface area contributed by atoms with Gasteiger partial charge in [-0.25, -0.2) is 17.8 Å². The number of aromatic nitrogens is 1. The fourth-order valence-corrected chi connectivity index (χ4v) is 2.83. The van der Waals surface area contributed by atoms with Crippen molar-refractivity contribution in [1.82, 2.24) is 4.98 Å². The van der Waals surface area contributed by atoms with Crippen molar-refractivity contribution in [1.29, 1.82) is 0 Å². The van der Waals surface area contributed by atoms with Crippen molar-refractivity contribution in [2.45, 2.75) is 11.3 Å². The van der Waals surface area contributed by atoms with E-state index < -0.39 is 15.8 Å². The van der Waals surface area contributed by atoms with Gasteiger partial charge in [-0.2, -0.15) is 0 Å². The van der Waals surface area contributed by atoms with Crippen LogP contribution in [0.5, 0.6) is 0 Å². The van der Waals surface area contributed by atoms with Crippen LogP contribution in [0.3, 0.4) is 0 Å². The van der Waals surface area contributed by atoms with Gasteiger partial charge >= 0.3 is 0 Å². The summed E-state index contributed by atoms with van der Waals surface area (Å²) >= 11 is 0. The van der Waals surface area contributed by atoms with E-state index in [1.165, 1.54) is 18.3 Å². The van der Waals surface area contributed by atoms with E-state index in [9.17, 15) is 12.8 Å². The molecule has 0 aliphatic rings. The van der Waals surface area contributed by atoms with Gasteiger partial charge in [0.1, 0.15) is 11.6 Å². The zero-order valence-electron chi connectivity index (χ0n) is 12.6. The molecular weight excluding hydrogens is 321 g/mol. The van der Waals surface area contributed by atoms with E-state index in [0.717, 1.165) is 30.8 Å². The van der Waals surface area contributed by atoms with Gasteiger partial charge in [0.15, 0.2) is 0 Å². The first-order valence-electron chi connectivity index (χ1n) is 6.98. The van der Waals surface area contributed by atoms with Crippen molar-refractivity contribution in [2.24, 2.45) is 0 Å². The summed E-state index contributed by atoms with van der Waals surface area (Å²) in [5.74, 6) is -0.303. The highest BCUT2D eigenvalue weighted by molar-refractivity contribution is 7.92. The SMILES string of the molecule is COCCCNc1ccc(NS(=O)(=O)c2ccc(F)cc2)nc1. The highest BCUT2D eigenvalue weighted by Gasteiger charge is 2.14. The molecule has 124 valence electrons. The number of halogens is 1. The van der Waals surface area contributed by atoms with Gasteiger partial charge < -0.3 is 10.1 Å². The average molecular weight is 339 g/mol. The van der Waals surface area contributed by atoms with Crippen molar-refractivity contribution in [3.8, 4) is 0 Å². The summed E-state index contributed by atoms with van der Waals surface area (Å²) in [5.41, 5.74) is 0.783. The maximum absolute atomic E-state index is 12.9. The largest absolute Gasteiger partial charge is 0.385 e. The number of nitrogens with one attached hydrogen (secondary N) is 2. The number of rotatable bonds is 8. The van der Waals surface area contributed by atoms with Crippen LogP contribution in [-0.4, -0.2) is 33.7 Å². The molecule has 1 heterocycles. The molecule has 0 atom stereocenters. The van der Waals surface area contributed by atoms with Gasteiger partial charge in [-0.1, -0.05) is 0 Å². The summed E-state index contributed by atoms with van der Waals surface area (Å²) in [6.07, 6.45) is 2.39. The molecule has 2 aromatic rings. The Labute approximate surface area is 134 Å². The maximum atomic E-state index is 12.9. The predicted octanol–water partition coefficient (Wildman–Crippen LogP) is 2.47. The second-order valence-corrected chi connectivity index (χ2v) is 6.45. The number of sulfonamides is 1. The van der Waals surface area contributed by atoms with Gasteiger partial charge in [0.05, 0.1) is 16.8 Å². The Balaban J connectivity index is 1.98. The molecule has 0 unspecified atom stereocenters. The van der Waals surface area contributed by atoms with Gasteiger partial charge in [-0.05, 0) is 42.8 Å². The fourth-order valence-electron chi connectivity index (χ4n) is 1.82. The molecule has 0 saturated heterocycles. The van der Waals surface area contributed by atoms with Gasteiger partial charge in [0, 0.05) is 20.3 Å². The predicted molar refractivity (Wildman–Crippen MR) is 86.4 cm³/mol. The third-order valence-corrected chi connectivity index (χ3v) is 4.35. The zero-order chi connectivity index (χ0) is 16.7. The summed E-state index contributed by atoms with van der Waals surface area (Å²) in [6, 6.07) is 7.86. The van der Waals surface area contributed by atoms with Gasteiger partial charge in [0.2, 0.25) is 0 Å². The molecule has 8 heteroatoms. The second-order valence-electron chi connectivity index (χ2n) is 4.76. The molecule has 0 aliphatic heterocycles. The fraction of sp³-hybridized carbons (Fsp3) is 0.267. The molecule has 0 fully saturated rings. The molecule has 0 radical (unpaired) electrons. The number of benzene rings is 1. The van der Waals surface area contributed by atoms with E-state index >= 15 is 0 Å². The molecule has 2 rings (SSSR count). The average Bonchev–Trinajstić information content (AvgIpc) is 2.53. The highest BCUT2D eigenvalue weighted by atomic mass is 32.2. The minimum atomic E-state index is -3.78. The van der Waals surface area contributed by atoms with Gasteiger partial charge in [-0.3, -0.25) is 4.72 Å². The van der Waals surface area contributed by atoms with Crippen molar-refractivity contribution >= 4 is 21.5 Å². The minimum Gasteiger partial charge on any atom is -0.385 e. The van der Waals surface area contributed by atoms with E-state index in [2.05, 4.69) is 15.0 Å². The van der Waals surface area contributed by atoms with Gasteiger partial charge in [0.25, 0.3) is 10.0 Å². The lowest BCUT2D eigenvalue weighted by molar-refractivity contribution is 0.198. The number of hydrogen-bond acceptors (Lipinski definition) is 5. The summed E-state index contributed by atoms with van der Waals surface area (Å²) in [7, 11) is -2.14. The Morgan fingerprint density at radius 1 is 1.17 bits per heavy atom. The molecule has 0 spiro atoms. The molecular formula is C15H18FN3O3S. The van der Waals surface area contributed by atoms with Crippen molar-refractivity contribution < 1.29 is 17.5 Å². The third-order valence-electron chi connectivity index (χ3n) is 2.98. The third kappa shape index (κ3) is 5.19. The quantitative estimate of drug-likeness (QED) is 0.722. The smallest absolute Gasteiger partial charge is 0.263 e. The molecule has 23 heavy (non-hydrogen) atoms. The molecule has 0 aliphatic carbocycles. The summed E-state index contributed by atoms with van der Waals surface area (Å²) in [6.45, 7) is 1.39. The first-order valence-corrected chi connectivity index (χ1v) is 8.47. The van der Waals surface area contributed by atoms with Crippen molar-refractivity contribution in [2.75, 3.05) is 30.3 Å². The van der Waals surface area contributed by atoms with E-state index in [0.29, 0.717) is 6.61 Å². The molecule has 1 aromatic carbocycles. The van der Waals surface area contributed by atoms with E-state index in [1.807, 2.05) is 0 Å². The summed E-state index contributed by atoms with van der Waals surface area (Å²) in [5, 5.41) is 3.15. The Morgan fingerprint density at radius 2 is 1.91 bits per heavy atom. The summed E-state index contributed by atoms with van der Waals surface area (Å²) < 4.78 is 44.4. The minimum absolute atomic E-state index is 0.0255. The van der Waals surface area contributed by atoms with Crippen molar-refractivity contribution in [3.63, 3.8) is 0 Å². The highest BCUT2D eigenvalue weighted by Crippen LogP contribution is 2.16. The van der Waals surface area contributed by atoms with Gasteiger partial charge in [-0.15, -0.1) is 0 Å². The Hall–Kier alpha value is -2.19. The van der Waals surface area contributed by atoms with Crippen LogP contribution >= 0.6 is 0 Å². The lowest BCUT2D eigenvalue weighted by Gasteiger charge is -2.09. The lowest BCUT2D eigenvalue weighted by Crippen LogP contribution is -2.14. The molecule has 0 bridgehead atoms. The zero-order valence-corrected chi connectivity index (χ0v) is 13.4. The topological polar surface area (TPSA) is 80.3 Å². The maximum Gasteiger partial charge on any atom is 0.263 e. The Morgan fingerprint density at radius 3 is 2.52 bits per heavy atom. The van der Waals surface area contributed by atoms with Crippen LogP contribution in [-0.2, 0) is 14.8 Å². The van der Waals surface area contributed by atoms with Crippen LogP contribution in [0.2, 0.25) is 0 Å². The standard InChI is InChI=1S/C15H18FN3O3S/c1-22-10-2-9-17-13-5-8-15(18-11-13)19-23(20,21)14-6-3-12(16)4-7-14/h3-8,11,17H,2,9-10H2,1H3,(H,18,19).